The summed E-state index contributed by atoms with van der Waals surface area (Å²) < 4.78 is 38.1. The number of carbonyl (C=O) groups excluding carboxylic acids is 1. The van der Waals surface area contributed by atoms with Gasteiger partial charge in [-0.05, 0) is 31.2 Å². The predicted molar refractivity (Wildman–Crippen MR) is 99.9 cm³/mol. The molecule has 3 heterocycles. The summed E-state index contributed by atoms with van der Waals surface area (Å²) in [6.07, 6.45) is -2.15. The Morgan fingerprint density at radius 1 is 1.18 bits per heavy atom. The fourth-order valence-electron chi connectivity index (χ4n) is 4.55. The van der Waals surface area contributed by atoms with Crippen LogP contribution in [0.2, 0.25) is 0 Å². The fourth-order valence-corrected chi connectivity index (χ4v) is 4.55. The largest absolute Gasteiger partial charge is 0.419 e. The molecule has 0 unspecified atom stereocenters. The zero-order chi connectivity index (χ0) is 20.5. The van der Waals surface area contributed by atoms with Gasteiger partial charge in [0.05, 0.1) is 5.56 Å². The highest BCUT2D eigenvalue weighted by Gasteiger charge is 2.37. The van der Waals surface area contributed by atoms with Gasteiger partial charge in [0.1, 0.15) is 32.4 Å². The maximum atomic E-state index is 13.0. The van der Waals surface area contributed by atoms with Crippen LogP contribution in [0.1, 0.15) is 32.8 Å². The number of aromatic amines is 1. The van der Waals surface area contributed by atoms with Gasteiger partial charge in [-0.15, -0.1) is 0 Å². The molecule has 2 fully saturated rings. The Morgan fingerprint density at radius 3 is 2.29 bits per heavy atom. The quantitative estimate of drug-likeness (QED) is 0.826. The number of alkyl halides is 3. The van der Waals surface area contributed by atoms with E-state index in [9.17, 15) is 18.0 Å². The molecule has 1 aromatic rings. The molecule has 0 aliphatic carbocycles. The van der Waals surface area contributed by atoms with Gasteiger partial charge in [0.15, 0.2) is 6.04 Å². The molecule has 8 heteroatoms. The molecule has 0 bridgehead atoms. The van der Waals surface area contributed by atoms with Gasteiger partial charge in [-0.1, -0.05) is 13.8 Å². The lowest BCUT2D eigenvalue weighted by Gasteiger charge is -2.38. The maximum absolute atomic E-state index is 13.0. The molecule has 0 radical (unpaired) electrons. The third kappa shape index (κ3) is 4.77. The smallest absolute Gasteiger partial charge is 0.337 e. The van der Waals surface area contributed by atoms with E-state index in [1.54, 1.807) is 0 Å². The average molecular weight is 400 g/mol. The van der Waals surface area contributed by atoms with Crippen molar-refractivity contribution in [2.24, 2.45) is 11.8 Å². The third-order valence-electron chi connectivity index (χ3n) is 6.03. The van der Waals surface area contributed by atoms with Crippen molar-refractivity contribution in [1.29, 1.82) is 0 Å². The van der Waals surface area contributed by atoms with Crippen molar-refractivity contribution in [3.8, 4) is 0 Å². The summed E-state index contributed by atoms with van der Waals surface area (Å²) in [5.74, 6) is 2.00. The first-order chi connectivity index (χ1) is 13.1. The molecule has 3 atom stereocenters. The lowest BCUT2D eigenvalue weighted by molar-refractivity contribution is -0.915. The number of aromatic nitrogens is 1. The van der Waals surface area contributed by atoms with E-state index < -0.39 is 11.7 Å². The molecule has 0 saturated carbocycles. The standard InChI is InChI=1S/C20H29F3N4O/c1-14-10-15(2)13-27(12-14)19(28)16(3)25-6-8-26(9-7-25)18-5-4-17(11-24-18)20(21,22)23/h4-5,11,14-16H,6-10,12-13H2,1-3H3/p+2/t14-,15-,16+/m0/s1. The number of rotatable bonds is 3. The van der Waals surface area contributed by atoms with Crippen LogP contribution in [0.4, 0.5) is 19.0 Å². The van der Waals surface area contributed by atoms with E-state index in [4.69, 9.17) is 0 Å². The Hall–Kier alpha value is -1.83. The number of anilines is 1. The van der Waals surface area contributed by atoms with Crippen molar-refractivity contribution in [1.82, 2.24) is 4.90 Å². The van der Waals surface area contributed by atoms with Crippen molar-refractivity contribution in [3.63, 3.8) is 0 Å². The second-order valence-corrected chi connectivity index (χ2v) is 8.52. The monoisotopic (exact) mass is 400 g/mol. The molecule has 2 aliphatic rings. The van der Waals surface area contributed by atoms with Gasteiger partial charge in [0.2, 0.25) is 0 Å². The number of likely N-dealkylation sites (tertiary alicyclic amines) is 1. The average Bonchev–Trinajstić information content (AvgIpc) is 2.65. The molecule has 2 saturated heterocycles. The van der Waals surface area contributed by atoms with Crippen LogP contribution in [0.15, 0.2) is 18.3 Å². The summed E-state index contributed by atoms with van der Waals surface area (Å²) in [6.45, 7) is 11.1. The van der Waals surface area contributed by atoms with Gasteiger partial charge in [-0.2, -0.15) is 13.2 Å². The second kappa shape index (κ2) is 8.27. The van der Waals surface area contributed by atoms with Crippen molar-refractivity contribution >= 4 is 11.7 Å². The highest BCUT2D eigenvalue weighted by atomic mass is 19.4. The molecular weight excluding hydrogens is 369 g/mol. The number of nitrogens with one attached hydrogen (secondary N) is 2. The maximum Gasteiger partial charge on any atom is 0.419 e. The Morgan fingerprint density at radius 2 is 1.79 bits per heavy atom. The van der Waals surface area contributed by atoms with Gasteiger partial charge in [-0.3, -0.25) is 9.69 Å². The van der Waals surface area contributed by atoms with Crippen LogP contribution in [-0.2, 0) is 11.0 Å². The number of pyridine rings is 1. The van der Waals surface area contributed by atoms with Gasteiger partial charge >= 0.3 is 6.18 Å². The summed E-state index contributed by atoms with van der Waals surface area (Å²) >= 11 is 0. The highest BCUT2D eigenvalue weighted by molar-refractivity contribution is 5.80. The van der Waals surface area contributed by atoms with Crippen LogP contribution in [-0.4, -0.2) is 56.1 Å². The van der Waals surface area contributed by atoms with Crippen molar-refractivity contribution < 1.29 is 27.8 Å². The van der Waals surface area contributed by atoms with E-state index >= 15 is 0 Å². The van der Waals surface area contributed by atoms with Crippen LogP contribution in [0.5, 0.6) is 0 Å². The number of carbonyl (C=O) groups is 1. The fraction of sp³-hybridized carbons (Fsp3) is 0.700. The molecule has 5 nitrogen and oxygen atoms in total. The number of piperazine rings is 1. The Kier molecular flexibility index (Phi) is 6.17. The summed E-state index contributed by atoms with van der Waals surface area (Å²) in [7, 11) is 0. The zero-order valence-corrected chi connectivity index (χ0v) is 16.9. The molecule has 0 aromatic carbocycles. The topological polar surface area (TPSA) is 42.1 Å². The SMILES string of the molecule is C[C@H]1C[C@H](C)CN(C(=O)[C@@H](C)[NH+]2CCN(c3ccc(C(F)(F)F)c[nH+]3)CC2)C1. The Bertz CT molecular complexity index is 661. The van der Waals surface area contributed by atoms with E-state index in [1.807, 2.05) is 16.7 Å². The Balaban J connectivity index is 1.55. The van der Waals surface area contributed by atoms with Crippen molar-refractivity contribution in [3.05, 3.63) is 23.9 Å². The molecular formula is C20H31F3N4O+2. The molecule has 1 amide bonds. The first-order valence-electron chi connectivity index (χ1n) is 10.1. The normalized spacial score (nSPS) is 25.6. The molecule has 156 valence electrons. The summed E-state index contributed by atoms with van der Waals surface area (Å²) in [5, 5.41) is 0. The van der Waals surface area contributed by atoms with E-state index in [1.165, 1.54) is 17.4 Å². The minimum atomic E-state index is -4.34. The third-order valence-corrected chi connectivity index (χ3v) is 6.03. The van der Waals surface area contributed by atoms with Crippen LogP contribution >= 0.6 is 0 Å². The van der Waals surface area contributed by atoms with E-state index in [-0.39, 0.29) is 11.9 Å². The number of halogens is 3. The second-order valence-electron chi connectivity index (χ2n) is 8.52. The van der Waals surface area contributed by atoms with Gasteiger partial charge in [-0.25, -0.2) is 4.98 Å². The number of piperidine rings is 1. The lowest BCUT2D eigenvalue weighted by Crippen LogP contribution is -3.19. The molecule has 28 heavy (non-hydrogen) atoms. The van der Waals surface area contributed by atoms with Crippen LogP contribution in [0, 0.1) is 11.8 Å². The van der Waals surface area contributed by atoms with Crippen LogP contribution < -0.4 is 14.8 Å². The zero-order valence-electron chi connectivity index (χ0n) is 16.9. The van der Waals surface area contributed by atoms with Gasteiger partial charge < -0.3 is 9.80 Å². The number of quaternary nitrogens is 1. The Labute approximate surface area is 164 Å². The van der Waals surface area contributed by atoms with E-state index in [0.717, 1.165) is 38.4 Å². The van der Waals surface area contributed by atoms with Crippen molar-refractivity contribution in [2.45, 2.75) is 39.4 Å². The van der Waals surface area contributed by atoms with E-state index in [0.29, 0.717) is 30.7 Å². The molecule has 1 aromatic heterocycles. The summed E-state index contributed by atoms with van der Waals surface area (Å²) in [5.41, 5.74) is -0.676. The highest BCUT2D eigenvalue weighted by Crippen LogP contribution is 2.28. The first kappa shape index (κ1) is 20.9. The number of nitrogens with zero attached hydrogens (tertiary/aromatic N) is 2. The number of hydrogen-bond donors (Lipinski definition) is 1. The van der Waals surface area contributed by atoms with Gasteiger partial charge in [0, 0.05) is 19.2 Å². The minimum Gasteiger partial charge on any atom is -0.337 e. The summed E-state index contributed by atoms with van der Waals surface area (Å²) in [6, 6.07) is 2.51. The number of amides is 1. The molecule has 2 N–H and O–H groups in total. The minimum absolute atomic E-state index is 0.0868. The molecule has 0 spiro atoms. The predicted octanol–water partition coefficient (Wildman–Crippen LogP) is 1.12. The number of hydrogen-bond acceptors (Lipinski definition) is 2. The molecule has 3 rings (SSSR count). The van der Waals surface area contributed by atoms with Crippen LogP contribution in [0.25, 0.3) is 0 Å². The van der Waals surface area contributed by atoms with Crippen molar-refractivity contribution in [2.75, 3.05) is 44.2 Å². The van der Waals surface area contributed by atoms with Crippen LogP contribution in [0.3, 0.4) is 0 Å². The van der Waals surface area contributed by atoms with Gasteiger partial charge in [0.25, 0.3) is 11.7 Å². The van der Waals surface area contributed by atoms with E-state index in [2.05, 4.69) is 18.8 Å². The lowest BCUT2D eigenvalue weighted by atomic mass is 9.91. The first-order valence-corrected chi connectivity index (χ1v) is 10.1. The number of H-pyrrole nitrogens is 1. The summed E-state index contributed by atoms with van der Waals surface area (Å²) in [4.78, 5) is 21.0. The molecule has 2 aliphatic heterocycles.